The van der Waals surface area contributed by atoms with Gasteiger partial charge in [-0.2, -0.15) is 0 Å². The van der Waals surface area contributed by atoms with Crippen molar-refractivity contribution in [1.82, 2.24) is 29.5 Å². The summed E-state index contributed by atoms with van der Waals surface area (Å²) in [4.78, 5) is 44.2. The van der Waals surface area contributed by atoms with Gasteiger partial charge in [0.25, 0.3) is 5.91 Å². The van der Waals surface area contributed by atoms with E-state index in [1.807, 2.05) is 0 Å². The largest absolute Gasteiger partial charge is 0.366 e. The number of benzene rings is 1. The number of rotatable bonds is 5. The van der Waals surface area contributed by atoms with Crippen molar-refractivity contribution in [1.29, 1.82) is 0 Å². The second-order valence-corrected chi connectivity index (χ2v) is 7.03. The number of imidazole rings is 1. The van der Waals surface area contributed by atoms with Crippen LogP contribution < -0.4 is 5.73 Å². The summed E-state index contributed by atoms with van der Waals surface area (Å²) in [5.41, 5.74) is 4.98. The fraction of sp³-hybridized carbons (Fsp3) is 0. The highest BCUT2D eigenvalue weighted by molar-refractivity contribution is 6.17. The van der Waals surface area contributed by atoms with Gasteiger partial charge in [-0.1, -0.05) is 0 Å². The van der Waals surface area contributed by atoms with Crippen LogP contribution in [0.3, 0.4) is 0 Å². The van der Waals surface area contributed by atoms with E-state index in [-0.39, 0.29) is 5.56 Å². The van der Waals surface area contributed by atoms with Gasteiger partial charge in [0, 0.05) is 41.3 Å². The predicted octanol–water partition coefficient (Wildman–Crippen LogP) is 2.81. The molecule has 0 unspecified atom stereocenters. The van der Waals surface area contributed by atoms with Gasteiger partial charge in [0.2, 0.25) is 5.78 Å². The van der Waals surface area contributed by atoms with Crippen LogP contribution in [0.15, 0.2) is 61.7 Å². The van der Waals surface area contributed by atoms with Crippen LogP contribution in [-0.2, 0) is 0 Å². The monoisotopic (exact) mass is 445 g/mol. The first-order valence-corrected chi connectivity index (χ1v) is 9.54. The van der Waals surface area contributed by atoms with E-state index in [9.17, 15) is 18.4 Å². The van der Waals surface area contributed by atoms with Crippen molar-refractivity contribution in [3.63, 3.8) is 0 Å². The molecule has 0 radical (unpaired) electrons. The van der Waals surface area contributed by atoms with Crippen LogP contribution >= 0.6 is 0 Å². The number of primary amides is 1. The maximum absolute atomic E-state index is 14.7. The zero-order valence-electron chi connectivity index (χ0n) is 16.7. The summed E-state index contributed by atoms with van der Waals surface area (Å²) in [5, 5.41) is 0.321. The van der Waals surface area contributed by atoms with Crippen LogP contribution in [0.1, 0.15) is 26.3 Å². The third-order valence-corrected chi connectivity index (χ3v) is 5.06. The summed E-state index contributed by atoms with van der Waals surface area (Å²) in [7, 11) is 0. The van der Waals surface area contributed by atoms with Crippen molar-refractivity contribution >= 4 is 22.7 Å². The highest BCUT2D eigenvalue weighted by atomic mass is 19.1. The van der Waals surface area contributed by atoms with Crippen molar-refractivity contribution in [2.45, 2.75) is 0 Å². The lowest BCUT2D eigenvalue weighted by atomic mass is 9.99. The van der Waals surface area contributed by atoms with Crippen molar-refractivity contribution in [3.8, 4) is 17.1 Å². The average Bonchev–Trinajstić information content (AvgIpc) is 3.49. The third kappa shape index (κ3) is 3.41. The molecule has 0 aliphatic heterocycles. The Bertz CT molecular complexity index is 1530. The number of amides is 1. The number of carbonyl (C=O) groups is 2. The summed E-state index contributed by atoms with van der Waals surface area (Å²) in [6.45, 7) is 0. The van der Waals surface area contributed by atoms with Crippen LogP contribution in [0.4, 0.5) is 8.78 Å². The Hall–Kier alpha value is -4.80. The first kappa shape index (κ1) is 20.1. The Kier molecular flexibility index (Phi) is 4.70. The quantitative estimate of drug-likeness (QED) is 0.400. The number of hydrogen-bond acceptors (Lipinski definition) is 6. The number of aromatic amines is 1. The van der Waals surface area contributed by atoms with E-state index in [0.717, 1.165) is 12.1 Å². The normalized spacial score (nSPS) is 11.1. The number of pyridine rings is 1. The number of ketones is 1. The highest BCUT2D eigenvalue weighted by Gasteiger charge is 2.26. The second-order valence-electron chi connectivity index (χ2n) is 7.03. The number of nitrogens with zero attached hydrogens (tertiary/aromatic N) is 5. The van der Waals surface area contributed by atoms with Crippen molar-refractivity contribution in [2.24, 2.45) is 5.73 Å². The van der Waals surface area contributed by atoms with E-state index in [1.165, 1.54) is 18.6 Å². The molecule has 1 amide bonds. The van der Waals surface area contributed by atoms with Gasteiger partial charge in [-0.15, -0.1) is 0 Å². The molecule has 0 fully saturated rings. The Morgan fingerprint density at radius 1 is 1.03 bits per heavy atom. The van der Waals surface area contributed by atoms with Gasteiger partial charge in [0.05, 0.1) is 29.2 Å². The van der Waals surface area contributed by atoms with Crippen molar-refractivity contribution < 1.29 is 18.4 Å². The molecule has 0 saturated carbocycles. The molecule has 0 bridgehead atoms. The fourth-order valence-electron chi connectivity index (χ4n) is 3.42. The number of aromatic nitrogens is 6. The van der Waals surface area contributed by atoms with E-state index in [1.54, 1.807) is 35.6 Å². The fourth-order valence-corrected chi connectivity index (χ4v) is 3.42. The number of nitrogens with two attached hydrogens (primary N) is 1. The third-order valence-electron chi connectivity index (χ3n) is 5.06. The summed E-state index contributed by atoms with van der Waals surface area (Å²) >= 11 is 0. The first-order valence-electron chi connectivity index (χ1n) is 9.54. The predicted molar refractivity (Wildman–Crippen MR) is 113 cm³/mol. The maximum Gasteiger partial charge on any atom is 0.251 e. The standard InChI is InChI=1S/C22H13F2N7O2/c23-15-2-1-12(21(25)33)19(24)18(15)20(32)14-7-30-22-13(14)5-11(6-29-22)16-8-28-17(9-27-16)31-4-3-26-10-31/h1-10H,(H2,25,33)(H,29,30). The van der Waals surface area contributed by atoms with Crippen LogP contribution in [0.2, 0.25) is 0 Å². The lowest BCUT2D eigenvalue weighted by Gasteiger charge is -2.07. The number of halogens is 2. The van der Waals surface area contributed by atoms with Crippen molar-refractivity contribution in [3.05, 3.63) is 90.0 Å². The topological polar surface area (TPSA) is 132 Å². The minimum atomic E-state index is -1.31. The molecule has 0 atom stereocenters. The second kappa shape index (κ2) is 7.71. The van der Waals surface area contributed by atoms with Crippen LogP contribution in [0.5, 0.6) is 0 Å². The smallest absolute Gasteiger partial charge is 0.251 e. The summed E-state index contributed by atoms with van der Waals surface area (Å²) in [6.07, 6.45) is 10.8. The van der Waals surface area contributed by atoms with Gasteiger partial charge in [-0.25, -0.2) is 23.7 Å². The van der Waals surface area contributed by atoms with Crippen LogP contribution in [-0.4, -0.2) is 41.2 Å². The molecule has 4 heterocycles. The first-order chi connectivity index (χ1) is 15.9. The molecule has 0 aliphatic carbocycles. The minimum Gasteiger partial charge on any atom is -0.366 e. The molecule has 11 heteroatoms. The van der Waals surface area contributed by atoms with Gasteiger partial charge >= 0.3 is 0 Å². The number of fused-ring (bicyclic) bond motifs is 1. The summed E-state index contributed by atoms with van der Waals surface area (Å²) in [6, 6.07) is 3.33. The van der Waals surface area contributed by atoms with Crippen molar-refractivity contribution in [2.75, 3.05) is 0 Å². The number of H-pyrrole nitrogens is 1. The SMILES string of the molecule is NC(=O)c1ccc(F)c(C(=O)c2c[nH]c3ncc(-c4cnc(-n5ccnc5)cn4)cc23)c1F. The number of nitrogens with one attached hydrogen (secondary N) is 1. The number of hydrogen-bond donors (Lipinski definition) is 2. The molecular formula is C22H13F2N7O2. The molecule has 0 aliphatic rings. The molecule has 5 rings (SSSR count). The molecule has 0 spiro atoms. The van der Waals surface area contributed by atoms with Gasteiger partial charge in [-0.05, 0) is 18.2 Å². The number of carbonyl (C=O) groups excluding carboxylic acids is 2. The Morgan fingerprint density at radius 2 is 1.88 bits per heavy atom. The molecule has 4 aromatic heterocycles. The Labute approximate surface area is 184 Å². The van der Waals surface area contributed by atoms with E-state index in [0.29, 0.717) is 28.1 Å². The zero-order valence-corrected chi connectivity index (χ0v) is 16.7. The van der Waals surface area contributed by atoms with E-state index in [4.69, 9.17) is 5.73 Å². The average molecular weight is 445 g/mol. The molecule has 33 heavy (non-hydrogen) atoms. The zero-order chi connectivity index (χ0) is 23.1. The van der Waals surface area contributed by atoms with E-state index in [2.05, 4.69) is 24.9 Å². The van der Waals surface area contributed by atoms with Crippen LogP contribution in [0.25, 0.3) is 28.1 Å². The summed E-state index contributed by atoms with van der Waals surface area (Å²) < 4.78 is 30.8. The molecule has 3 N–H and O–H groups in total. The molecule has 9 nitrogen and oxygen atoms in total. The molecular weight excluding hydrogens is 432 g/mol. The van der Waals surface area contributed by atoms with Gasteiger partial charge in [0.1, 0.15) is 23.6 Å². The summed E-state index contributed by atoms with van der Waals surface area (Å²) in [5.74, 6) is -3.93. The highest BCUT2D eigenvalue weighted by Crippen LogP contribution is 2.27. The minimum absolute atomic E-state index is 0.0261. The lowest BCUT2D eigenvalue weighted by molar-refractivity contribution is 0.0996. The Morgan fingerprint density at radius 3 is 2.58 bits per heavy atom. The lowest BCUT2D eigenvalue weighted by Crippen LogP contribution is -2.17. The van der Waals surface area contributed by atoms with E-state index < -0.39 is 34.5 Å². The molecule has 162 valence electrons. The molecule has 5 aromatic rings. The molecule has 1 aromatic carbocycles. The molecule has 0 saturated heterocycles. The Balaban J connectivity index is 1.57. The van der Waals surface area contributed by atoms with Gasteiger partial charge in [0.15, 0.2) is 5.82 Å². The van der Waals surface area contributed by atoms with Gasteiger partial charge in [-0.3, -0.25) is 19.1 Å². The van der Waals surface area contributed by atoms with E-state index >= 15 is 0 Å². The van der Waals surface area contributed by atoms with Crippen LogP contribution in [0, 0.1) is 11.6 Å². The van der Waals surface area contributed by atoms with Gasteiger partial charge < -0.3 is 10.7 Å². The maximum atomic E-state index is 14.7.